The molecule has 0 aliphatic heterocycles. The molecule has 3 heterocycles. The number of ether oxygens (including phenoxy) is 2. The molecule has 0 spiro atoms. The number of anilines is 1. The summed E-state index contributed by atoms with van der Waals surface area (Å²) in [6.07, 6.45) is 6.69. The number of nitrogens with one attached hydrogen (secondary N) is 1. The minimum atomic E-state index is 0.276. The second kappa shape index (κ2) is 7.61. The summed E-state index contributed by atoms with van der Waals surface area (Å²) in [5.41, 5.74) is 2.19. The highest BCUT2D eigenvalue weighted by Crippen LogP contribution is 2.46. The lowest BCUT2D eigenvalue weighted by atomic mass is 10.2. The highest BCUT2D eigenvalue weighted by Gasteiger charge is 2.39. The predicted octanol–water partition coefficient (Wildman–Crippen LogP) is 2.41. The van der Waals surface area contributed by atoms with Gasteiger partial charge in [-0.2, -0.15) is 15.1 Å². The molecule has 2 atom stereocenters. The van der Waals surface area contributed by atoms with Gasteiger partial charge in [0.2, 0.25) is 5.88 Å². The molecule has 1 saturated carbocycles. The van der Waals surface area contributed by atoms with Gasteiger partial charge in [0.15, 0.2) is 0 Å². The van der Waals surface area contributed by atoms with Gasteiger partial charge in [0.1, 0.15) is 5.82 Å². The summed E-state index contributed by atoms with van der Waals surface area (Å²) >= 11 is 0. The molecule has 8 heteroatoms. The molecule has 0 aromatic carbocycles. The third-order valence-electron chi connectivity index (χ3n) is 4.53. The van der Waals surface area contributed by atoms with Crippen molar-refractivity contribution in [3.63, 3.8) is 0 Å². The molecule has 2 unspecified atom stereocenters. The van der Waals surface area contributed by atoms with E-state index in [2.05, 4.69) is 31.4 Å². The van der Waals surface area contributed by atoms with Gasteiger partial charge >= 0.3 is 6.01 Å². The zero-order chi connectivity index (χ0) is 18.6. The minimum Gasteiger partial charge on any atom is -0.477 e. The second-order valence-electron chi connectivity index (χ2n) is 6.62. The van der Waals surface area contributed by atoms with Crippen molar-refractivity contribution in [2.45, 2.75) is 18.9 Å². The molecule has 1 aliphatic carbocycles. The van der Waals surface area contributed by atoms with Crippen LogP contribution in [-0.4, -0.2) is 38.4 Å². The average Bonchev–Trinajstić information content (AvgIpc) is 3.37. The first-order valence-corrected chi connectivity index (χ1v) is 8.89. The predicted molar refractivity (Wildman–Crippen MR) is 99.7 cm³/mol. The monoisotopic (exact) mass is 366 g/mol. The number of hydrogen-bond acceptors (Lipinski definition) is 7. The number of rotatable bonds is 8. The maximum atomic E-state index is 5.91. The SMILES string of the molecule is COc1nc(NCc2cnn(C)c2)cc(OCC2CC2c2ccccn2)n1. The molecule has 4 rings (SSSR count). The molecule has 0 bridgehead atoms. The summed E-state index contributed by atoms with van der Waals surface area (Å²) < 4.78 is 12.9. The van der Waals surface area contributed by atoms with Crippen LogP contribution in [0.1, 0.15) is 23.6 Å². The zero-order valence-corrected chi connectivity index (χ0v) is 15.4. The second-order valence-corrected chi connectivity index (χ2v) is 6.62. The van der Waals surface area contributed by atoms with Gasteiger partial charge in [0.05, 0.1) is 19.9 Å². The van der Waals surface area contributed by atoms with E-state index in [4.69, 9.17) is 9.47 Å². The quantitative estimate of drug-likeness (QED) is 0.655. The van der Waals surface area contributed by atoms with Crippen LogP contribution in [0.2, 0.25) is 0 Å². The molecular weight excluding hydrogens is 344 g/mol. The summed E-state index contributed by atoms with van der Waals surface area (Å²) in [5.74, 6) is 2.09. The van der Waals surface area contributed by atoms with Gasteiger partial charge in [-0.15, -0.1) is 0 Å². The van der Waals surface area contributed by atoms with Gasteiger partial charge in [-0.1, -0.05) is 6.07 Å². The average molecular weight is 366 g/mol. The van der Waals surface area contributed by atoms with E-state index >= 15 is 0 Å². The fourth-order valence-corrected chi connectivity index (χ4v) is 3.00. The van der Waals surface area contributed by atoms with Gasteiger partial charge in [-0.05, 0) is 18.6 Å². The van der Waals surface area contributed by atoms with E-state index < -0.39 is 0 Å². The largest absolute Gasteiger partial charge is 0.477 e. The first-order chi connectivity index (χ1) is 13.2. The Morgan fingerprint density at radius 3 is 2.96 bits per heavy atom. The van der Waals surface area contributed by atoms with Crippen LogP contribution in [0.4, 0.5) is 5.82 Å². The number of aryl methyl sites for hydroxylation is 1. The fourth-order valence-electron chi connectivity index (χ4n) is 3.00. The van der Waals surface area contributed by atoms with Gasteiger partial charge in [0.25, 0.3) is 0 Å². The van der Waals surface area contributed by atoms with Crippen molar-refractivity contribution in [2.24, 2.45) is 13.0 Å². The molecule has 1 fully saturated rings. The Labute approximate surface area is 157 Å². The maximum Gasteiger partial charge on any atom is 0.321 e. The molecule has 0 amide bonds. The summed E-state index contributed by atoms with van der Waals surface area (Å²) in [5, 5.41) is 7.41. The minimum absolute atomic E-state index is 0.276. The molecular formula is C19H22N6O2. The highest BCUT2D eigenvalue weighted by molar-refractivity contribution is 5.40. The number of pyridine rings is 1. The first kappa shape index (κ1) is 17.3. The number of nitrogens with zero attached hydrogens (tertiary/aromatic N) is 5. The summed E-state index contributed by atoms with van der Waals surface area (Å²) in [6, 6.07) is 8.09. The first-order valence-electron chi connectivity index (χ1n) is 8.89. The number of hydrogen-bond donors (Lipinski definition) is 1. The molecule has 1 aliphatic rings. The fraction of sp³-hybridized carbons (Fsp3) is 0.368. The Balaban J connectivity index is 1.36. The Bertz CT molecular complexity index is 898. The zero-order valence-electron chi connectivity index (χ0n) is 15.4. The molecule has 8 nitrogen and oxygen atoms in total. The van der Waals surface area contributed by atoms with Crippen LogP contribution in [0.5, 0.6) is 11.9 Å². The van der Waals surface area contributed by atoms with Crippen molar-refractivity contribution in [3.05, 3.63) is 54.1 Å². The Hall–Kier alpha value is -3.16. The van der Waals surface area contributed by atoms with Crippen LogP contribution in [0.3, 0.4) is 0 Å². The summed E-state index contributed by atoms with van der Waals surface area (Å²) in [6.45, 7) is 1.21. The van der Waals surface area contributed by atoms with E-state index in [9.17, 15) is 0 Å². The van der Waals surface area contributed by atoms with E-state index in [1.54, 1.807) is 17.9 Å². The lowest BCUT2D eigenvalue weighted by Crippen LogP contribution is -2.07. The summed E-state index contributed by atoms with van der Waals surface area (Å²) in [4.78, 5) is 13.0. The molecule has 0 saturated heterocycles. The number of aromatic nitrogens is 5. The molecule has 3 aromatic heterocycles. The van der Waals surface area contributed by atoms with Crippen LogP contribution in [-0.2, 0) is 13.6 Å². The van der Waals surface area contributed by atoms with Gasteiger partial charge < -0.3 is 14.8 Å². The van der Waals surface area contributed by atoms with E-state index in [-0.39, 0.29) is 6.01 Å². The number of methoxy groups -OCH3 is 1. The molecule has 27 heavy (non-hydrogen) atoms. The Kier molecular flexibility index (Phi) is 4.86. The third-order valence-corrected chi connectivity index (χ3v) is 4.53. The summed E-state index contributed by atoms with van der Waals surface area (Å²) in [7, 11) is 3.43. The van der Waals surface area contributed by atoms with Crippen molar-refractivity contribution >= 4 is 5.82 Å². The van der Waals surface area contributed by atoms with Crippen molar-refractivity contribution < 1.29 is 9.47 Å². The smallest absolute Gasteiger partial charge is 0.321 e. The van der Waals surface area contributed by atoms with Crippen molar-refractivity contribution in [2.75, 3.05) is 19.0 Å². The topological polar surface area (TPSA) is 87.0 Å². The van der Waals surface area contributed by atoms with E-state index in [0.717, 1.165) is 17.7 Å². The van der Waals surface area contributed by atoms with E-state index in [0.29, 0.717) is 36.7 Å². The Morgan fingerprint density at radius 1 is 1.30 bits per heavy atom. The molecule has 1 N–H and O–H groups in total. The Morgan fingerprint density at radius 2 is 2.22 bits per heavy atom. The van der Waals surface area contributed by atoms with Crippen LogP contribution in [0, 0.1) is 5.92 Å². The lowest BCUT2D eigenvalue weighted by molar-refractivity contribution is 0.277. The van der Waals surface area contributed by atoms with E-state index in [1.165, 1.54) is 0 Å². The third kappa shape index (κ3) is 4.33. The van der Waals surface area contributed by atoms with Gasteiger partial charge in [-0.25, -0.2) is 0 Å². The van der Waals surface area contributed by atoms with Crippen molar-refractivity contribution in [1.29, 1.82) is 0 Å². The van der Waals surface area contributed by atoms with Crippen molar-refractivity contribution in [3.8, 4) is 11.9 Å². The van der Waals surface area contributed by atoms with Gasteiger partial charge in [0, 0.05) is 55.1 Å². The standard InChI is InChI=1S/C19H22N6O2/c1-25-11-13(10-22-25)9-21-17-8-18(24-19(23-17)26-2)27-12-14-7-15(14)16-5-3-4-6-20-16/h3-6,8,10-11,14-15H,7,9,12H2,1-2H3,(H,21,23,24). The van der Waals surface area contributed by atoms with Crippen molar-refractivity contribution in [1.82, 2.24) is 24.7 Å². The van der Waals surface area contributed by atoms with E-state index in [1.807, 2.05) is 37.8 Å². The van der Waals surface area contributed by atoms with Crippen LogP contribution < -0.4 is 14.8 Å². The molecule has 140 valence electrons. The van der Waals surface area contributed by atoms with Gasteiger partial charge in [-0.3, -0.25) is 9.67 Å². The molecule has 3 aromatic rings. The normalized spacial score (nSPS) is 18.1. The van der Waals surface area contributed by atoms with Crippen LogP contribution in [0.25, 0.3) is 0 Å². The van der Waals surface area contributed by atoms with Crippen LogP contribution >= 0.6 is 0 Å². The molecule has 0 radical (unpaired) electrons. The maximum absolute atomic E-state index is 5.91. The van der Waals surface area contributed by atoms with Crippen LogP contribution in [0.15, 0.2) is 42.9 Å². The highest BCUT2D eigenvalue weighted by atomic mass is 16.5. The lowest BCUT2D eigenvalue weighted by Gasteiger charge is -2.10.